The summed E-state index contributed by atoms with van der Waals surface area (Å²) in [4.78, 5) is 9.91. The number of carbonyl (C=O) groups is 1. The summed E-state index contributed by atoms with van der Waals surface area (Å²) < 4.78 is 0. The molecule has 0 aromatic heterocycles. The van der Waals surface area contributed by atoms with E-state index in [9.17, 15) is 4.79 Å². The molecule has 0 saturated heterocycles. The highest BCUT2D eigenvalue weighted by Gasteiger charge is 1.97. The first-order chi connectivity index (χ1) is 4.16. The van der Waals surface area contributed by atoms with Crippen LogP contribution >= 0.6 is 0 Å². The van der Waals surface area contributed by atoms with Gasteiger partial charge in [0.25, 0.3) is 0 Å². The molecule has 0 aromatic rings. The van der Waals surface area contributed by atoms with Crippen molar-refractivity contribution in [1.82, 2.24) is 5.32 Å². The average Bonchev–Trinajstić information content (AvgIpc) is 1.63. The van der Waals surface area contributed by atoms with Gasteiger partial charge < -0.3 is 10.4 Å². The largest absolute Gasteiger partial charge is 0.465 e. The summed E-state index contributed by atoms with van der Waals surface area (Å²) in [6, 6.07) is -0.271. The molecule has 2 N–H and O–H groups in total. The number of amides is 1. The summed E-state index contributed by atoms with van der Waals surface area (Å²) in [6.07, 6.45) is -1.04. The van der Waals surface area contributed by atoms with Gasteiger partial charge in [-0.2, -0.15) is 0 Å². The van der Waals surface area contributed by atoms with Gasteiger partial charge in [-0.15, -0.1) is 5.92 Å². The van der Waals surface area contributed by atoms with E-state index >= 15 is 0 Å². The molecule has 3 nitrogen and oxygen atoms in total. The van der Waals surface area contributed by atoms with Crippen LogP contribution in [0.3, 0.4) is 0 Å². The lowest BCUT2D eigenvalue weighted by Crippen LogP contribution is -2.29. The summed E-state index contributed by atoms with van der Waals surface area (Å²) in [5.41, 5.74) is 0. The molecule has 1 amide bonds. The van der Waals surface area contributed by atoms with Crippen molar-refractivity contribution >= 4 is 6.09 Å². The maximum atomic E-state index is 9.91. The van der Waals surface area contributed by atoms with E-state index in [0.717, 1.165) is 0 Å². The van der Waals surface area contributed by atoms with Gasteiger partial charge in [-0.25, -0.2) is 4.79 Å². The van der Waals surface area contributed by atoms with Gasteiger partial charge in [0.05, 0.1) is 6.04 Å². The highest BCUT2D eigenvalue weighted by Crippen LogP contribution is 1.75. The number of rotatable bonds is 1. The number of hydrogen-bond acceptors (Lipinski definition) is 1. The van der Waals surface area contributed by atoms with E-state index in [1.54, 1.807) is 13.8 Å². The summed E-state index contributed by atoms with van der Waals surface area (Å²) >= 11 is 0. The van der Waals surface area contributed by atoms with Crippen LogP contribution in [-0.4, -0.2) is 17.2 Å². The molecule has 0 spiro atoms. The van der Waals surface area contributed by atoms with Crippen LogP contribution < -0.4 is 5.32 Å². The fourth-order valence-electron chi connectivity index (χ4n) is 0.438. The molecule has 0 saturated carbocycles. The van der Waals surface area contributed by atoms with E-state index in [2.05, 4.69) is 17.2 Å². The predicted octanol–water partition coefficient (Wildman–Crippen LogP) is 0.666. The normalized spacial score (nSPS) is 10.9. The molecular formula is C6H9NO2. The molecule has 0 aliphatic carbocycles. The van der Waals surface area contributed by atoms with E-state index < -0.39 is 6.09 Å². The molecule has 50 valence electrons. The van der Waals surface area contributed by atoms with Crippen LogP contribution in [0.15, 0.2) is 0 Å². The summed E-state index contributed by atoms with van der Waals surface area (Å²) in [5, 5.41) is 10.3. The van der Waals surface area contributed by atoms with E-state index in [4.69, 9.17) is 5.11 Å². The zero-order valence-electron chi connectivity index (χ0n) is 5.43. The van der Waals surface area contributed by atoms with Crippen molar-refractivity contribution in [3.8, 4) is 11.8 Å². The molecule has 0 aromatic carbocycles. The third-order valence-corrected chi connectivity index (χ3v) is 0.701. The fraction of sp³-hybridized carbons (Fsp3) is 0.500. The Morgan fingerprint density at radius 2 is 2.33 bits per heavy atom. The van der Waals surface area contributed by atoms with Crippen molar-refractivity contribution in [2.75, 3.05) is 0 Å². The molecule has 3 heteroatoms. The number of carboxylic acid groups (broad SMARTS) is 1. The first-order valence-corrected chi connectivity index (χ1v) is 2.58. The van der Waals surface area contributed by atoms with E-state index in [0.29, 0.717) is 0 Å². The molecule has 9 heavy (non-hydrogen) atoms. The Morgan fingerprint density at radius 3 is 2.67 bits per heavy atom. The lowest BCUT2D eigenvalue weighted by atomic mass is 10.3. The van der Waals surface area contributed by atoms with E-state index in [-0.39, 0.29) is 6.04 Å². The molecular weight excluding hydrogens is 118 g/mol. The van der Waals surface area contributed by atoms with Gasteiger partial charge in [0.2, 0.25) is 0 Å². The molecule has 0 radical (unpaired) electrons. The van der Waals surface area contributed by atoms with Crippen LogP contribution in [0.5, 0.6) is 0 Å². The highest BCUT2D eigenvalue weighted by molar-refractivity contribution is 5.65. The van der Waals surface area contributed by atoms with E-state index in [1.807, 2.05) is 0 Å². The van der Waals surface area contributed by atoms with Gasteiger partial charge >= 0.3 is 6.09 Å². The minimum atomic E-state index is -1.04. The van der Waals surface area contributed by atoms with Gasteiger partial charge in [-0.05, 0) is 13.8 Å². The standard InChI is InChI=1S/C6H9NO2/c1-3-4-5(2)7-6(8)9/h5,7H,1-2H3,(H,8,9). The average molecular weight is 127 g/mol. The quantitative estimate of drug-likeness (QED) is 0.508. The Labute approximate surface area is 54.1 Å². The Kier molecular flexibility index (Phi) is 3.29. The monoisotopic (exact) mass is 127 g/mol. The second kappa shape index (κ2) is 3.79. The van der Waals surface area contributed by atoms with Crippen molar-refractivity contribution in [2.24, 2.45) is 0 Å². The maximum absolute atomic E-state index is 9.91. The molecule has 0 aliphatic heterocycles. The molecule has 0 fully saturated rings. The lowest BCUT2D eigenvalue weighted by molar-refractivity contribution is 0.193. The van der Waals surface area contributed by atoms with Crippen LogP contribution in [0.25, 0.3) is 0 Å². The SMILES string of the molecule is CC#CC(C)NC(=O)O. The Balaban J connectivity index is 3.59. The van der Waals surface area contributed by atoms with Crippen molar-refractivity contribution in [2.45, 2.75) is 19.9 Å². The molecule has 0 rings (SSSR count). The van der Waals surface area contributed by atoms with Crippen molar-refractivity contribution in [3.63, 3.8) is 0 Å². The Bertz CT molecular complexity index is 154. The van der Waals surface area contributed by atoms with Crippen LogP contribution in [0, 0.1) is 11.8 Å². The lowest BCUT2D eigenvalue weighted by Gasteiger charge is -2.00. The second-order valence-electron chi connectivity index (χ2n) is 1.57. The minimum absolute atomic E-state index is 0.271. The summed E-state index contributed by atoms with van der Waals surface area (Å²) in [6.45, 7) is 3.35. The summed E-state index contributed by atoms with van der Waals surface area (Å²) in [7, 11) is 0. The van der Waals surface area contributed by atoms with Gasteiger partial charge in [0, 0.05) is 0 Å². The van der Waals surface area contributed by atoms with Gasteiger partial charge in [-0.1, -0.05) is 5.92 Å². The smallest absolute Gasteiger partial charge is 0.405 e. The highest BCUT2D eigenvalue weighted by atomic mass is 16.4. The molecule has 1 unspecified atom stereocenters. The van der Waals surface area contributed by atoms with Crippen molar-refractivity contribution in [1.29, 1.82) is 0 Å². The van der Waals surface area contributed by atoms with Gasteiger partial charge in [0.15, 0.2) is 0 Å². The van der Waals surface area contributed by atoms with Gasteiger partial charge in [0.1, 0.15) is 0 Å². The van der Waals surface area contributed by atoms with Crippen LogP contribution in [0.2, 0.25) is 0 Å². The van der Waals surface area contributed by atoms with Crippen LogP contribution in [0.1, 0.15) is 13.8 Å². The molecule has 1 atom stereocenters. The zero-order chi connectivity index (χ0) is 7.28. The second-order valence-corrected chi connectivity index (χ2v) is 1.57. The number of nitrogens with one attached hydrogen (secondary N) is 1. The Hall–Kier alpha value is -1.17. The third kappa shape index (κ3) is 4.69. The first-order valence-electron chi connectivity index (χ1n) is 2.58. The summed E-state index contributed by atoms with van der Waals surface area (Å²) in [5.74, 6) is 5.23. The maximum Gasteiger partial charge on any atom is 0.405 e. The molecule has 0 bridgehead atoms. The van der Waals surface area contributed by atoms with E-state index in [1.165, 1.54) is 0 Å². The predicted molar refractivity (Wildman–Crippen MR) is 34.1 cm³/mol. The zero-order valence-corrected chi connectivity index (χ0v) is 5.43. The van der Waals surface area contributed by atoms with Crippen molar-refractivity contribution in [3.05, 3.63) is 0 Å². The Morgan fingerprint density at radius 1 is 1.78 bits per heavy atom. The first kappa shape index (κ1) is 7.83. The fourth-order valence-corrected chi connectivity index (χ4v) is 0.438. The number of hydrogen-bond donors (Lipinski definition) is 2. The topological polar surface area (TPSA) is 49.3 Å². The van der Waals surface area contributed by atoms with Crippen molar-refractivity contribution < 1.29 is 9.90 Å². The minimum Gasteiger partial charge on any atom is -0.465 e. The van der Waals surface area contributed by atoms with Gasteiger partial charge in [-0.3, -0.25) is 0 Å². The molecule has 0 aliphatic rings. The molecule has 0 heterocycles. The third-order valence-electron chi connectivity index (χ3n) is 0.701. The van der Waals surface area contributed by atoms with Crippen LogP contribution in [-0.2, 0) is 0 Å². The van der Waals surface area contributed by atoms with Crippen LogP contribution in [0.4, 0.5) is 4.79 Å².